The van der Waals surface area contributed by atoms with Gasteiger partial charge in [-0.15, -0.1) is 0 Å². The molecule has 0 unspecified atom stereocenters. The van der Waals surface area contributed by atoms with E-state index in [9.17, 15) is 8.42 Å². The average Bonchev–Trinajstić information content (AvgIpc) is 3.26. The fourth-order valence-corrected chi connectivity index (χ4v) is 4.43. The summed E-state index contributed by atoms with van der Waals surface area (Å²) in [6.45, 7) is 8.37. The molecule has 0 fully saturated rings. The lowest BCUT2D eigenvalue weighted by atomic mass is 10.4. The Balaban J connectivity index is 1.64. The van der Waals surface area contributed by atoms with Gasteiger partial charge in [-0.3, -0.25) is 4.68 Å². The minimum absolute atomic E-state index is 0.207. The van der Waals surface area contributed by atoms with Gasteiger partial charge in [-0.05, 0) is 33.8 Å². The number of hydrogen-bond donors (Lipinski definition) is 2. The first-order valence-electron chi connectivity index (χ1n) is 8.95. The van der Waals surface area contributed by atoms with Crippen molar-refractivity contribution in [1.29, 1.82) is 0 Å². The summed E-state index contributed by atoms with van der Waals surface area (Å²) in [6.07, 6.45) is 3.46. The molecule has 0 atom stereocenters. The molecule has 0 aromatic carbocycles. The highest BCUT2D eigenvalue weighted by Crippen LogP contribution is 2.19. The number of nitrogens with zero attached hydrogens (tertiary/aromatic N) is 6. The van der Waals surface area contributed by atoms with Crippen molar-refractivity contribution < 1.29 is 8.42 Å². The smallest absolute Gasteiger partial charge is 0.244 e. The predicted molar refractivity (Wildman–Crippen MR) is 105 cm³/mol. The van der Waals surface area contributed by atoms with Gasteiger partial charge < -0.3 is 5.32 Å². The third kappa shape index (κ3) is 4.20. The molecule has 0 amide bonds. The van der Waals surface area contributed by atoms with Crippen LogP contribution in [0.1, 0.15) is 24.1 Å². The van der Waals surface area contributed by atoms with Crippen molar-refractivity contribution >= 4 is 15.8 Å². The van der Waals surface area contributed by atoms with Crippen molar-refractivity contribution in [2.75, 3.05) is 18.4 Å². The van der Waals surface area contributed by atoms with Crippen molar-refractivity contribution in [1.82, 2.24) is 34.3 Å². The molecule has 3 heterocycles. The number of aryl methyl sites for hydroxylation is 3. The van der Waals surface area contributed by atoms with Gasteiger partial charge in [-0.2, -0.15) is 10.2 Å². The Morgan fingerprint density at radius 1 is 1.14 bits per heavy atom. The van der Waals surface area contributed by atoms with Gasteiger partial charge in [0.1, 0.15) is 16.5 Å². The zero-order chi connectivity index (χ0) is 20.3. The van der Waals surface area contributed by atoms with Gasteiger partial charge in [0, 0.05) is 38.1 Å². The van der Waals surface area contributed by atoms with Gasteiger partial charge >= 0.3 is 0 Å². The molecule has 28 heavy (non-hydrogen) atoms. The summed E-state index contributed by atoms with van der Waals surface area (Å²) >= 11 is 0. The summed E-state index contributed by atoms with van der Waals surface area (Å²) in [5.41, 5.74) is 1.13. The molecule has 0 saturated carbocycles. The third-order valence-corrected chi connectivity index (χ3v) is 5.88. The molecule has 0 aliphatic heterocycles. The maximum absolute atomic E-state index is 12.6. The van der Waals surface area contributed by atoms with Gasteiger partial charge in [-0.1, -0.05) is 0 Å². The Hall–Kier alpha value is -2.79. The summed E-state index contributed by atoms with van der Waals surface area (Å²) in [4.78, 5) is 8.91. The van der Waals surface area contributed by atoms with Crippen molar-refractivity contribution in [2.45, 2.75) is 39.1 Å². The monoisotopic (exact) mass is 404 g/mol. The molecule has 0 bridgehead atoms. The largest absolute Gasteiger partial charge is 0.369 e. The standard InChI is InChI=1S/C17H24N8O2S/c1-5-24-13(3)17(12(2)23-24)28(26,27)20-9-8-18-15-11-16(22-14(4)21-15)25-10-6-7-19-25/h6-7,10-11,20H,5,8-9H2,1-4H3,(H,18,21,22). The molecule has 3 aromatic heterocycles. The third-order valence-electron chi connectivity index (χ3n) is 4.17. The number of anilines is 1. The normalized spacial score (nSPS) is 11.7. The van der Waals surface area contributed by atoms with Gasteiger partial charge in [-0.25, -0.2) is 27.8 Å². The number of rotatable bonds is 8. The summed E-state index contributed by atoms with van der Waals surface area (Å²) in [6, 6.07) is 3.57. The summed E-state index contributed by atoms with van der Waals surface area (Å²) in [7, 11) is -3.64. The maximum Gasteiger partial charge on any atom is 0.244 e. The highest BCUT2D eigenvalue weighted by Gasteiger charge is 2.23. The van der Waals surface area contributed by atoms with E-state index in [1.54, 1.807) is 48.6 Å². The molecule has 3 rings (SSSR count). The maximum atomic E-state index is 12.6. The first kappa shape index (κ1) is 20.0. The van der Waals surface area contributed by atoms with Crippen molar-refractivity contribution in [3.8, 4) is 5.82 Å². The fourth-order valence-electron chi connectivity index (χ4n) is 2.99. The van der Waals surface area contributed by atoms with E-state index in [1.807, 2.05) is 13.0 Å². The number of nitrogens with one attached hydrogen (secondary N) is 2. The average molecular weight is 405 g/mol. The summed E-state index contributed by atoms with van der Waals surface area (Å²) < 4.78 is 31.2. The topological polar surface area (TPSA) is 120 Å². The van der Waals surface area contributed by atoms with Crippen LogP contribution in [0.3, 0.4) is 0 Å². The highest BCUT2D eigenvalue weighted by molar-refractivity contribution is 7.89. The molecule has 0 spiro atoms. The molecule has 0 aliphatic rings. The summed E-state index contributed by atoms with van der Waals surface area (Å²) in [5, 5.41) is 11.5. The minimum Gasteiger partial charge on any atom is -0.369 e. The number of aromatic nitrogens is 6. The van der Waals surface area contributed by atoms with E-state index in [-0.39, 0.29) is 11.4 Å². The lowest BCUT2D eigenvalue weighted by Crippen LogP contribution is -2.30. The van der Waals surface area contributed by atoms with Crippen molar-refractivity contribution in [2.24, 2.45) is 0 Å². The molecule has 2 N–H and O–H groups in total. The molecular weight excluding hydrogens is 380 g/mol. The van der Waals surface area contributed by atoms with E-state index in [4.69, 9.17) is 0 Å². The zero-order valence-corrected chi connectivity index (χ0v) is 17.2. The van der Waals surface area contributed by atoms with E-state index < -0.39 is 10.0 Å². The second-order valence-electron chi connectivity index (χ2n) is 6.25. The molecule has 150 valence electrons. The van der Waals surface area contributed by atoms with Crippen LogP contribution < -0.4 is 10.0 Å². The van der Waals surface area contributed by atoms with E-state index >= 15 is 0 Å². The molecule has 0 radical (unpaired) electrons. The second-order valence-corrected chi connectivity index (χ2v) is 7.95. The van der Waals surface area contributed by atoms with E-state index in [0.717, 1.165) is 0 Å². The quantitative estimate of drug-likeness (QED) is 0.541. The minimum atomic E-state index is -3.64. The molecule has 3 aromatic rings. The van der Waals surface area contributed by atoms with Crippen molar-refractivity contribution in [3.63, 3.8) is 0 Å². The Labute approximate surface area is 164 Å². The molecule has 11 heteroatoms. The first-order valence-corrected chi connectivity index (χ1v) is 10.4. The van der Waals surface area contributed by atoms with Crippen LogP contribution in [0, 0.1) is 20.8 Å². The Morgan fingerprint density at radius 2 is 1.93 bits per heavy atom. The Morgan fingerprint density at radius 3 is 2.57 bits per heavy atom. The second kappa shape index (κ2) is 8.07. The first-order chi connectivity index (χ1) is 13.3. The Kier molecular flexibility index (Phi) is 5.75. The predicted octanol–water partition coefficient (Wildman–Crippen LogP) is 1.19. The lowest BCUT2D eigenvalue weighted by Gasteiger charge is -2.10. The van der Waals surface area contributed by atoms with Crippen LogP contribution in [0.2, 0.25) is 0 Å². The van der Waals surface area contributed by atoms with Gasteiger partial charge in [0.25, 0.3) is 0 Å². The van der Waals surface area contributed by atoms with Crippen molar-refractivity contribution in [3.05, 3.63) is 41.7 Å². The SMILES string of the molecule is CCn1nc(C)c(S(=O)(=O)NCCNc2cc(-n3cccn3)nc(C)n2)c1C. The zero-order valence-electron chi connectivity index (χ0n) is 16.3. The number of sulfonamides is 1. The Bertz CT molecular complexity index is 1060. The fraction of sp³-hybridized carbons (Fsp3) is 0.412. The van der Waals surface area contributed by atoms with Gasteiger partial charge in [0.2, 0.25) is 10.0 Å². The summed E-state index contributed by atoms with van der Waals surface area (Å²) in [5.74, 6) is 1.83. The lowest BCUT2D eigenvalue weighted by molar-refractivity contribution is 0.580. The number of hydrogen-bond acceptors (Lipinski definition) is 7. The van der Waals surface area contributed by atoms with Crippen LogP contribution in [0.15, 0.2) is 29.4 Å². The van der Waals surface area contributed by atoms with Crippen LogP contribution in [-0.4, -0.2) is 51.0 Å². The van der Waals surface area contributed by atoms with E-state index in [0.29, 0.717) is 41.9 Å². The van der Waals surface area contributed by atoms with E-state index in [2.05, 4.69) is 30.2 Å². The van der Waals surface area contributed by atoms with Crippen LogP contribution >= 0.6 is 0 Å². The molecule has 10 nitrogen and oxygen atoms in total. The highest BCUT2D eigenvalue weighted by atomic mass is 32.2. The molecule has 0 saturated heterocycles. The van der Waals surface area contributed by atoms with Gasteiger partial charge in [0.05, 0.1) is 11.4 Å². The van der Waals surface area contributed by atoms with E-state index in [1.165, 1.54) is 0 Å². The van der Waals surface area contributed by atoms with Crippen LogP contribution in [-0.2, 0) is 16.6 Å². The van der Waals surface area contributed by atoms with Crippen LogP contribution in [0.5, 0.6) is 0 Å². The van der Waals surface area contributed by atoms with Crippen LogP contribution in [0.25, 0.3) is 5.82 Å². The molecule has 0 aliphatic carbocycles. The molecular formula is C17H24N8O2S. The van der Waals surface area contributed by atoms with Gasteiger partial charge in [0.15, 0.2) is 5.82 Å². The van der Waals surface area contributed by atoms with Crippen LogP contribution in [0.4, 0.5) is 5.82 Å².